The van der Waals surface area contributed by atoms with E-state index in [1.807, 2.05) is 6.92 Å². The minimum absolute atomic E-state index is 0.140. The summed E-state index contributed by atoms with van der Waals surface area (Å²) in [6.45, 7) is 2.64. The molecule has 0 aliphatic heterocycles. The van der Waals surface area contributed by atoms with Crippen LogP contribution in [0.4, 0.5) is 0 Å². The van der Waals surface area contributed by atoms with Crippen molar-refractivity contribution < 1.29 is 9.47 Å². The van der Waals surface area contributed by atoms with Gasteiger partial charge < -0.3 is 9.47 Å². The molecule has 0 aliphatic rings. The summed E-state index contributed by atoms with van der Waals surface area (Å²) in [6.07, 6.45) is 0.871. The Kier molecular flexibility index (Phi) is 6.20. The van der Waals surface area contributed by atoms with Gasteiger partial charge in [-0.05, 0) is 31.6 Å². The van der Waals surface area contributed by atoms with Crippen LogP contribution in [-0.4, -0.2) is 26.2 Å². The Morgan fingerprint density at radius 3 is 1.85 bits per heavy atom. The molecule has 0 aliphatic carbocycles. The van der Waals surface area contributed by atoms with Gasteiger partial charge in [-0.2, -0.15) is 0 Å². The Labute approximate surface area is 122 Å². The van der Waals surface area contributed by atoms with Gasteiger partial charge in [-0.15, -0.1) is 0 Å². The van der Waals surface area contributed by atoms with Gasteiger partial charge in [0.1, 0.15) is 0 Å². The van der Waals surface area contributed by atoms with Crippen LogP contribution in [-0.2, 0) is 9.47 Å². The molecule has 1 atom stereocenters. The summed E-state index contributed by atoms with van der Waals surface area (Å²) in [7, 11) is 1.30. The zero-order chi connectivity index (χ0) is 14.2. The van der Waals surface area contributed by atoms with Crippen LogP contribution in [0.2, 0.25) is 0 Å². The smallest absolute Gasteiger partial charge is 0.154 e. The second kappa shape index (κ2) is 8.16. The monoisotopic (exact) mass is 288 g/mol. The summed E-state index contributed by atoms with van der Waals surface area (Å²) in [5.41, 5.74) is 0. The Hall–Kier alpha value is -1.21. The van der Waals surface area contributed by atoms with Gasteiger partial charge in [0.25, 0.3) is 0 Å². The molecule has 0 saturated heterocycles. The largest absolute Gasteiger partial charge is 0.356 e. The first-order chi connectivity index (χ1) is 9.81. The normalized spacial score (nSPS) is 12.6. The van der Waals surface area contributed by atoms with Crippen LogP contribution in [0.1, 0.15) is 6.92 Å². The van der Waals surface area contributed by atoms with Gasteiger partial charge in [0.05, 0.1) is 6.61 Å². The molecule has 20 heavy (non-hydrogen) atoms. The van der Waals surface area contributed by atoms with Crippen molar-refractivity contribution in [3.63, 3.8) is 0 Å². The minimum atomic E-state index is -0.367. The maximum Gasteiger partial charge on any atom is 0.154 e. The molecule has 2 rings (SSSR count). The van der Waals surface area contributed by atoms with E-state index in [0.717, 1.165) is 6.16 Å². The van der Waals surface area contributed by atoms with E-state index in [1.165, 1.54) is 10.6 Å². The van der Waals surface area contributed by atoms with Gasteiger partial charge >= 0.3 is 0 Å². The van der Waals surface area contributed by atoms with Crippen LogP contribution < -0.4 is 10.6 Å². The Balaban J connectivity index is 2.09. The Bertz CT molecular complexity index is 447. The standard InChI is InChI=1S/C17H21O2P/c1-15(18-2)19-13-14-20(16-9-5-3-6-10-16)17-11-7-4-8-12-17/h3-12,15H,13-14H2,1-2H3. The highest BCUT2D eigenvalue weighted by Crippen LogP contribution is 2.32. The lowest BCUT2D eigenvalue weighted by atomic mass is 10.4. The maximum atomic E-state index is 5.66. The second-order valence-electron chi connectivity index (χ2n) is 4.50. The zero-order valence-corrected chi connectivity index (χ0v) is 12.9. The molecule has 0 bridgehead atoms. The first kappa shape index (κ1) is 15.2. The fraction of sp³-hybridized carbons (Fsp3) is 0.294. The highest BCUT2D eigenvalue weighted by molar-refractivity contribution is 7.73. The third-order valence-electron chi connectivity index (χ3n) is 3.14. The molecule has 0 aromatic heterocycles. The van der Waals surface area contributed by atoms with Crippen LogP contribution in [0.3, 0.4) is 0 Å². The molecular formula is C17H21O2P. The van der Waals surface area contributed by atoms with Gasteiger partial charge in [0.15, 0.2) is 6.29 Å². The highest BCUT2D eigenvalue weighted by atomic mass is 31.1. The number of hydrogen-bond donors (Lipinski definition) is 0. The van der Waals surface area contributed by atoms with Gasteiger partial charge in [0.2, 0.25) is 0 Å². The van der Waals surface area contributed by atoms with Crippen molar-refractivity contribution in [3.05, 3.63) is 60.7 Å². The number of rotatable bonds is 7. The van der Waals surface area contributed by atoms with Crippen molar-refractivity contribution in [2.45, 2.75) is 13.2 Å². The van der Waals surface area contributed by atoms with Crippen molar-refractivity contribution in [2.75, 3.05) is 19.9 Å². The van der Waals surface area contributed by atoms with Gasteiger partial charge in [-0.25, -0.2) is 0 Å². The summed E-state index contributed by atoms with van der Waals surface area (Å²) in [4.78, 5) is 0. The highest BCUT2D eigenvalue weighted by Gasteiger charge is 2.13. The lowest BCUT2D eigenvalue weighted by Crippen LogP contribution is -2.19. The third-order valence-corrected chi connectivity index (χ3v) is 5.61. The van der Waals surface area contributed by atoms with Crippen molar-refractivity contribution in [3.8, 4) is 0 Å². The van der Waals surface area contributed by atoms with Gasteiger partial charge in [-0.1, -0.05) is 60.7 Å². The SMILES string of the molecule is COC(C)OCCP(c1ccccc1)c1ccccc1. The van der Waals surface area contributed by atoms with E-state index in [-0.39, 0.29) is 14.2 Å². The summed E-state index contributed by atoms with van der Waals surface area (Å²) in [6, 6.07) is 21.4. The molecule has 3 heteroatoms. The van der Waals surface area contributed by atoms with Gasteiger partial charge in [0, 0.05) is 7.11 Å². The molecule has 1 unspecified atom stereocenters. The average Bonchev–Trinajstić information content (AvgIpc) is 2.53. The molecule has 0 heterocycles. The molecule has 2 aromatic rings. The predicted molar refractivity (Wildman–Crippen MR) is 86.4 cm³/mol. The van der Waals surface area contributed by atoms with Crippen LogP contribution >= 0.6 is 7.92 Å². The van der Waals surface area contributed by atoms with E-state index in [4.69, 9.17) is 9.47 Å². The molecule has 106 valence electrons. The predicted octanol–water partition coefficient (Wildman–Crippen LogP) is 3.13. The van der Waals surface area contributed by atoms with Crippen LogP contribution in [0.15, 0.2) is 60.7 Å². The molecule has 0 spiro atoms. The number of ether oxygens (including phenoxy) is 2. The van der Waals surface area contributed by atoms with Crippen molar-refractivity contribution in [1.29, 1.82) is 0 Å². The van der Waals surface area contributed by atoms with E-state index >= 15 is 0 Å². The number of benzene rings is 2. The fourth-order valence-corrected chi connectivity index (χ4v) is 4.17. The first-order valence-corrected chi connectivity index (χ1v) is 8.36. The maximum absolute atomic E-state index is 5.66. The van der Waals surface area contributed by atoms with Gasteiger partial charge in [-0.3, -0.25) is 0 Å². The summed E-state index contributed by atoms with van der Waals surface area (Å²) in [5, 5.41) is 2.78. The molecule has 0 radical (unpaired) electrons. The number of methoxy groups -OCH3 is 1. The average molecular weight is 288 g/mol. The van der Waals surface area contributed by atoms with Crippen LogP contribution in [0.25, 0.3) is 0 Å². The topological polar surface area (TPSA) is 18.5 Å². The Morgan fingerprint density at radius 2 is 1.40 bits per heavy atom. The van der Waals surface area contributed by atoms with E-state index in [9.17, 15) is 0 Å². The first-order valence-electron chi connectivity index (χ1n) is 6.83. The lowest BCUT2D eigenvalue weighted by Gasteiger charge is -2.20. The van der Waals surface area contributed by atoms with E-state index in [0.29, 0.717) is 6.61 Å². The van der Waals surface area contributed by atoms with E-state index < -0.39 is 0 Å². The Morgan fingerprint density at radius 1 is 0.900 bits per heavy atom. The third kappa shape index (κ3) is 4.42. The molecule has 2 nitrogen and oxygen atoms in total. The minimum Gasteiger partial charge on any atom is -0.356 e. The van der Waals surface area contributed by atoms with Crippen molar-refractivity contribution in [2.24, 2.45) is 0 Å². The summed E-state index contributed by atoms with van der Waals surface area (Å²) in [5.74, 6) is 0. The molecule has 2 aromatic carbocycles. The quantitative estimate of drug-likeness (QED) is 0.575. The molecule has 0 saturated carbocycles. The van der Waals surface area contributed by atoms with Crippen molar-refractivity contribution in [1.82, 2.24) is 0 Å². The summed E-state index contributed by atoms with van der Waals surface area (Å²) >= 11 is 0. The fourth-order valence-electron chi connectivity index (χ4n) is 2.00. The molecule has 0 amide bonds. The molecular weight excluding hydrogens is 267 g/mol. The van der Waals surface area contributed by atoms with E-state index in [2.05, 4.69) is 60.7 Å². The molecule has 0 N–H and O–H groups in total. The number of hydrogen-bond acceptors (Lipinski definition) is 2. The zero-order valence-electron chi connectivity index (χ0n) is 12.0. The molecule has 0 fully saturated rings. The van der Waals surface area contributed by atoms with Crippen LogP contribution in [0.5, 0.6) is 0 Å². The summed E-state index contributed by atoms with van der Waals surface area (Å²) < 4.78 is 10.8. The van der Waals surface area contributed by atoms with Crippen LogP contribution in [0, 0.1) is 0 Å². The van der Waals surface area contributed by atoms with Crippen molar-refractivity contribution >= 4 is 18.5 Å². The second-order valence-corrected chi connectivity index (χ2v) is 6.83. The lowest BCUT2D eigenvalue weighted by molar-refractivity contribution is -0.105. The van der Waals surface area contributed by atoms with E-state index in [1.54, 1.807) is 7.11 Å².